The first-order valence-corrected chi connectivity index (χ1v) is 5.61. The van der Waals surface area contributed by atoms with E-state index in [-0.39, 0.29) is 0 Å². The molecule has 0 saturated heterocycles. The Balaban J connectivity index is 2.71. The van der Waals surface area contributed by atoms with Crippen molar-refractivity contribution in [3.63, 3.8) is 0 Å². The van der Waals surface area contributed by atoms with Crippen LogP contribution in [0.25, 0.3) is 0 Å². The third-order valence-corrected chi connectivity index (χ3v) is 2.52. The second kappa shape index (κ2) is 4.37. The number of carbonyl (C=O) groups is 2. The molecule has 18 heavy (non-hydrogen) atoms. The van der Waals surface area contributed by atoms with Crippen LogP contribution in [-0.4, -0.2) is 36.1 Å². The molecule has 0 bridgehead atoms. The molecule has 7 heteroatoms. The predicted octanol–water partition coefficient (Wildman–Crippen LogP) is 1.42. The number of alkyl halides is 2. The first kappa shape index (κ1) is 14.7. The van der Waals surface area contributed by atoms with E-state index in [0.29, 0.717) is 0 Å². The number of halogens is 2. The first-order chi connectivity index (χ1) is 8.00. The average Bonchev–Trinajstić information content (AvgIpc) is 2.09. The van der Waals surface area contributed by atoms with Crippen LogP contribution in [0.4, 0.5) is 13.6 Å². The Labute approximate surface area is 104 Å². The molecule has 0 spiro atoms. The molecule has 1 fully saturated rings. The maximum Gasteiger partial charge on any atom is 0.408 e. The monoisotopic (exact) mass is 264 g/mol. The molecule has 0 radical (unpaired) electrons. The van der Waals surface area contributed by atoms with Gasteiger partial charge < -0.3 is 15.4 Å². The quantitative estimate of drug-likeness (QED) is 0.792. The van der Waals surface area contributed by atoms with E-state index in [1.807, 2.05) is 0 Å². The van der Waals surface area contributed by atoms with Crippen molar-refractivity contribution >= 4 is 12.0 Å². The van der Waals surface area contributed by atoms with E-state index in [4.69, 9.17) is 4.74 Å². The van der Waals surface area contributed by atoms with Crippen LogP contribution < -0.4 is 10.6 Å². The number of alkyl carbamates (subject to hydrolysis) is 1. The molecule has 1 rings (SSSR count). The Morgan fingerprint density at radius 3 is 2.06 bits per heavy atom. The summed E-state index contributed by atoms with van der Waals surface area (Å²) in [6, 6.07) is 0. The number of carbonyl (C=O) groups excluding carboxylic acids is 2. The lowest BCUT2D eigenvalue weighted by molar-refractivity contribution is -0.161. The lowest BCUT2D eigenvalue weighted by atomic mass is 9.72. The van der Waals surface area contributed by atoms with E-state index >= 15 is 0 Å². The number of nitrogens with one attached hydrogen (secondary N) is 2. The fraction of sp³-hybridized carbons (Fsp3) is 0.818. The van der Waals surface area contributed by atoms with E-state index in [9.17, 15) is 18.4 Å². The van der Waals surface area contributed by atoms with Crippen LogP contribution in [0.3, 0.4) is 0 Å². The molecule has 2 N–H and O–H groups in total. The second-order valence-corrected chi connectivity index (χ2v) is 5.50. The van der Waals surface area contributed by atoms with Gasteiger partial charge in [-0.15, -0.1) is 0 Å². The zero-order valence-electron chi connectivity index (χ0n) is 10.9. The molecule has 1 aliphatic rings. The van der Waals surface area contributed by atoms with Crippen LogP contribution in [-0.2, 0) is 9.53 Å². The minimum absolute atomic E-state index is 0.640. The third-order valence-electron chi connectivity index (χ3n) is 2.52. The fourth-order valence-corrected chi connectivity index (χ4v) is 1.88. The number of likely N-dealkylation sites (N-methyl/N-ethyl adjacent to an activating group) is 1. The average molecular weight is 264 g/mol. The van der Waals surface area contributed by atoms with E-state index in [1.165, 1.54) is 7.05 Å². The molecule has 0 unspecified atom stereocenters. The summed E-state index contributed by atoms with van der Waals surface area (Å²) in [6.45, 7) is 4.94. The van der Waals surface area contributed by atoms with Gasteiger partial charge in [0.1, 0.15) is 11.1 Å². The SMILES string of the molecule is CNC(=O)C1(NC(=O)OC(C)(C)C)CC(F)(F)C1. The zero-order chi connectivity index (χ0) is 14.2. The lowest BCUT2D eigenvalue weighted by Crippen LogP contribution is -2.69. The van der Waals surface area contributed by atoms with Gasteiger partial charge in [0.2, 0.25) is 5.91 Å². The number of amides is 2. The highest BCUT2D eigenvalue weighted by Crippen LogP contribution is 2.45. The van der Waals surface area contributed by atoms with Crippen LogP contribution in [0, 0.1) is 0 Å². The molecular weight excluding hydrogens is 246 g/mol. The Morgan fingerprint density at radius 2 is 1.72 bits per heavy atom. The van der Waals surface area contributed by atoms with Crippen molar-refractivity contribution in [2.45, 2.75) is 50.7 Å². The van der Waals surface area contributed by atoms with E-state index in [0.717, 1.165) is 0 Å². The second-order valence-electron chi connectivity index (χ2n) is 5.50. The molecule has 0 aromatic rings. The smallest absolute Gasteiger partial charge is 0.408 e. The van der Waals surface area contributed by atoms with Gasteiger partial charge in [0.05, 0.1) is 0 Å². The molecule has 0 aliphatic heterocycles. The molecule has 104 valence electrons. The first-order valence-electron chi connectivity index (χ1n) is 5.61. The molecular formula is C11H18F2N2O3. The lowest BCUT2D eigenvalue weighted by Gasteiger charge is -2.45. The van der Waals surface area contributed by atoms with Gasteiger partial charge in [-0.2, -0.15) is 0 Å². The molecule has 2 amide bonds. The topological polar surface area (TPSA) is 67.4 Å². The Bertz CT molecular complexity index is 356. The maximum atomic E-state index is 12.9. The van der Waals surface area contributed by atoms with Gasteiger partial charge in [-0.05, 0) is 20.8 Å². The highest BCUT2D eigenvalue weighted by atomic mass is 19.3. The Kier molecular flexibility index (Phi) is 3.56. The summed E-state index contributed by atoms with van der Waals surface area (Å²) in [6.07, 6.45) is -2.29. The summed E-state index contributed by atoms with van der Waals surface area (Å²) in [5.74, 6) is -3.57. The molecule has 1 aliphatic carbocycles. The summed E-state index contributed by atoms with van der Waals surface area (Å²) in [7, 11) is 1.33. The van der Waals surface area contributed by atoms with Gasteiger partial charge in [-0.25, -0.2) is 13.6 Å². The number of rotatable bonds is 2. The summed E-state index contributed by atoms with van der Waals surface area (Å²) >= 11 is 0. The Hall–Kier alpha value is -1.40. The van der Waals surface area contributed by atoms with Crippen LogP contribution in [0.15, 0.2) is 0 Å². The summed E-state index contributed by atoms with van der Waals surface area (Å²) < 4.78 is 30.8. The molecule has 0 atom stereocenters. The van der Waals surface area contributed by atoms with Crippen LogP contribution >= 0.6 is 0 Å². The highest BCUT2D eigenvalue weighted by molar-refractivity contribution is 5.91. The van der Waals surface area contributed by atoms with Crippen molar-refractivity contribution in [1.29, 1.82) is 0 Å². The van der Waals surface area contributed by atoms with Crippen LogP contribution in [0.1, 0.15) is 33.6 Å². The predicted molar refractivity (Wildman–Crippen MR) is 60.3 cm³/mol. The molecule has 1 saturated carbocycles. The largest absolute Gasteiger partial charge is 0.444 e. The van der Waals surface area contributed by atoms with Gasteiger partial charge in [-0.1, -0.05) is 0 Å². The summed E-state index contributed by atoms with van der Waals surface area (Å²) in [4.78, 5) is 23.1. The molecule has 0 aromatic heterocycles. The van der Waals surface area contributed by atoms with E-state index in [2.05, 4.69) is 10.6 Å². The minimum Gasteiger partial charge on any atom is -0.444 e. The van der Waals surface area contributed by atoms with Gasteiger partial charge in [0.15, 0.2) is 0 Å². The molecule has 5 nitrogen and oxygen atoms in total. The van der Waals surface area contributed by atoms with Gasteiger partial charge >= 0.3 is 6.09 Å². The van der Waals surface area contributed by atoms with Gasteiger partial charge in [0.25, 0.3) is 5.92 Å². The normalized spacial score (nSPS) is 20.6. The van der Waals surface area contributed by atoms with Crippen molar-refractivity contribution in [2.24, 2.45) is 0 Å². The summed E-state index contributed by atoms with van der Waals surface area (Å²) in [5, 5.41) is 4.51. The zero-order valence-corrected chi connectivity index (χ0v) is 10.9. The van der Waals surface area contributed by atoms with Crippen LogP contribution in [0.5, 0.6) is 0 Å². The number of hydrogen-bond acceptors (Lipinski definition) is 3. The van der Waals surface area contributed by atoms with Crippen LogP contribution in [0.2, 0.25) is 0 Å². The van der Waals surface area contributed by atoms with E-state index in [1.54, 1.807) is 20.8 Å². The molecule has 0 aromatic carbocycles. The molecule has 0 heterocycles. The Morgan fingerprint density at radius 1 is 1.22 bits per heavy atom. The van der Waals surface area contributed by atoms with Crippen molar-refractivity contribution in [1.82, 2.24) is 10.6 Å². The third kappa shape index (κ3) is 3.30. The fourth-order valence-electron chi connectivity index (χ4n) is 1.88. The standard InChI is InChI=1S/C11H18F2N2O3/c1-9(2,3)18-8(17)15-10(7(16)14-4)5-11(12,13)6-10/h5-6H2,1-4H3,(H,14,16)(H,15,17). The maximum absolute atomic E-state index is 12.9. The van der Waals surface area contributed by atoms with Crippen molar-refractivity contribution < 1.29 is 23.1 Å². The summed E-state index contributed by atoms with van der Waals surface area (Å²) in [5.41, 5.74) is -2.32. The minimum atomic E-state index is -2.93. The van der Waals surface area contributed by atoms with Crippen molar-refractivity contribution in [3.8, 4) is 0 Å². The van der Waals surface area contributed by atoms with Crippen molar-refractivity contribution in [2.75, 3.05) is 7.05 Å². The van der Waals surface area contributed by atoms with Gasteiger partial charge in [0, 0.05) is 19.9 Å². The number of hydrogen-bond donors (Lipinski definition) is 2. The highest BCUT2D eigenvalue weighted by Gasteiger charge is 2.61. The van der Waals surface area contributed by atoms with Crippen molar-refractivity contribution in [3.05, 3.63) is 0 Å². The van der Waals surface area contributed by atoms with E-state index < -0.39 is 41.9 Å². The van der Waals surface area contributed by atoms with Gasteiger partial charge in [-0.3, -0.25) is 4.79 Å². The number of ether oxygens (including phenoxy) is 1.